The van der Waals surface area contributed by atoms with Gasteiger partial charge in [0.2, 0.25) is 0 Å². The molecule has 0 aromatic rings. The minimum absolute atomic E-state index is 0.687. The second kappa shape index (κ2) is 5.94. The number of nitrogens with zero attached hydrogens (tertiary/aromatic N) is 2. The standard InChI is InChI=1S/C16H29N3/c1-13(9-17-15-6-7-15)10-19-12-16-5-3-4-8-18(16)11-14(19)2/h14-17H,1,3-12H2,2H3. The van der Waals surface area contributed by atoms with Crippen molar-refractivity contribution in [1.82, 2.24) is 15.1 Å². The summed E-state index contributed by atoms with van der Waals surface area (Å²) in [6.07, 6.45) is 6.96. The smallest absolute Gasteiger partial charge is 0.0224 e. The highest BCUT2D eigenvalue weighted by molar-refractivity contribution is 5.04. The summed E-state index contributed by atoms with van der Waals surface area (Å²) in [6.45, 7) is 12.6. The van der Waals surface area contributed by atoms with Gasteiger partial charge in [0, 0.05) is 44.3 Å². The third-order valence-corrected chi connectivity index (χ3v) is 4.96. The van der Waals surface area contributed by atoms with Crippen molar-refractivity contribution in [3.63, 3.8) is 0 Å². The summed E-state index contributed by atoms with van der Waals surface area (Å²) in [4.78, 5) is 5.37. The third-order valence-electron chi connectivity index (χ3n) is 4.96. The summed E-state index contributed by atoms with van der Waals surface area (Å²) >= 11 is 0. The summed E-state index contributed by atoms with van der Waals surface area (Å²) in [5.74, 6) is 0. The lowest BCUT2D eigenvalue weighted by molar-refractivity contribution is 0.0201. The van der Waals surface area contributed by atoms with Crippen LogP contribution < -0.4 is 5.32 Å². The predicted octanol–water partition coefficient (Wildman–Crippen LogP) is 1.85. The molecule has 2 saturated heterocycles. The van der Waals surface area contributed by atoms with Crippen LogP contribution in [0.1, 0.15) is 39.0 Å². The zero-order valence-electron chi connectivity index (χ0n) is 12.4. The van der Waals surface area contributed by atoms with Crippen molar-refractivity contribution in [2.24, 2.45) is 0 Å². The zero-order valence-corrected chi connectivity index (χ0v) is 12.4. The molecule has 3 rings (SSSR count). The van der Waals surface area contributed by atoms with Gasteiger partial charge in [0.15, 0.2) is 0 Å². The highest BCUT2D eigenvalue weighted by Gasteiger charge is 2.32. The minimum atomic E-state index is 0.687. The lowest BCUT2D eigenvalue weighted by Crippen LogP contribution is -2.59. The molecular formula is C16H29N3. The molecule has 0 amide bonds. The quantitative estimate of drug-likeness (QED) is 0.764. The highest BCUT2D eigenvalue weighted by atomic mass is 15.3. The Morgan fingerprint density at radius 1 is 1.21 bits per heavy atom. The van der Waals surface area contributed by atoms with Crippen LogP contribution in [0, 0.1) is 0 Å². The van der Waals surface area contributed by atoms with Gasteiger partial charge in [0.05, 0.1) is 0 Å². The minimum Gasteiger partial charge on any atom is -0.310 e. The molecule has 2 aliphatic heterocycles. The number of piperidine rings is 1. The van der Waals surface area contributed by atoms with Crippen molar-refractivity contribution >= 4 is 0 Å². The Labute approximate surface area is 118 Å². The molecule has 108 valence electrons. The number of hydrogen-bond acceptors (Lipinski definition) is 3. The zero-order chi connectivity index (χ0) is 13.2. The van der Waals surface area contributed by atoms with E-state index in [1.807, 2.05) is 0 Å². The molecule has 0 radical (unpaired) electrons. The SMILES string of the molecule is C=C(CNC1CC1)CN1CC2CCCCN2CC1C. The van der Waals surface area contributed by atoms with Gasteiger partial charge in [-0.3, -0.25) is 9.80 Å². The van der Waals surface area contributed by atoms with Crippen molar-refractivity contribution < 1.29 is 0 Å². The lowest BCUT2D eigenvalue weighted by Gasteiger charge is -2.47. The fourth-order valence-corrected chi connectivity index (χ4v) is 3.55. The van der Waals surface area contributed by atoms with E-state index < -0.39 is 0 Å². The topological polar surface area (TPSA) is 18.5 Å². The van der Waals surface area contributed by atoms with E-state index in [4.69, 9.17) is 0 Å². The summed E-state index contributed by atoms with van der Waals surface area (Å²) in [7, 11) is 0. The Balaban J connectivity index is 1.47. The average molecular weight is 263 g/mol. The molecule has 0 bridgehead atoms. The van der Waals surface area contributed by atoms with Gasteiger partial charge in [-0.1, -0.05) is 13.0 Å². The number of fused-ring (bicyclic) bond motifs is 1. The van der Waals surface area contributed by atoms with Gasteiger partial charge in [0.25, 0.3) is 0 Å². The molecule has 0 aromatic carbocycles. The first kappa shape index (κ1) is 13.6. The van der Waals surface area contributed by atoms with Crippen LogP contribution in [0.2, 0.25) is 0 Å². The van der Waals surface area contributed by atoms with Crippen molar-refractivity contribution in [3.05, 3.63) is 12.2 Å². The number of hydrogen-bond donors (Lipinski definition) is 1. The van der Waals surface area contributed by atoms with Gasteiger partial charge in [-0.05, 0) is 44.7 Å². The van der Waals surface area contributed by atoms with Gasteiger partial charge >= 0.3 is 0 Å². The molecule has 3 heteroatoms. The maximum absolute atomic E-state index is 4.27. The molecule has 3 nitrogen and oxygen atoms in total. The van der Waals surface area contributed by atoms with Gasteiger partial charge in [-0.2, -0.15) is 0 Å². The van der Waals surface area contributed by atoms with Crippen molar-refractivity contribution in [3.8, 4) is 0 Å². The lowest BCUT2D eigenvalue weighted by atomic mass is 9.97. The maximum Gasteiger partial charge on any atom is 0.0224 e. The summed E-state index contributed by atoms with van der Waals surface area (Å²) in [6, 6.07) is 2.30. The van der Waals surface area contributed by atoms with Gasteiger partial charge < -0.3 is 5.32 Å². The van der Waals surface area contributed by atoms with E-state index in [0.717, 1.165) is 25.2 Å². The molecule has 3 fully saturated rings. The van der Waals surface area contributed by atoms with E-state index in [1.54, 1.807) is 0 Å². The van der Waals surface area contributed by atoms with Crippen molar-refractivity contribution in [2.45, 2.75) is 57.2 Å². The Morgan fingerprint density at radius 3 is 2.84 bits per heavy atom. The fourth-order valence-electron chi connectivity index (χ4n) is 3.55. The normalized spacial score (nSPS) is 33.1. The van der Waals surface area contributed by atoms with Gasteiger partial charge in [0.1, 0.15) is 0 Å². The Bertz CT molecular complexity index is 324. The van der Waals surface area contributed by atoms with E-state index in [1.165, 1.54) is 57.3 Å². The number of rotatable bonds is 5. The fraction of sp³-hybridized carbons (Fsp3) is 0.875. The van der Waals surface area contributed by atoms with Crippen LogP contribution in [0.5, 0.6) is 0 Å². The number of piperazine rings is 1. The van der Waals surface area contributed by atoms with Crippen LogP contribution in [-0.4, -0.2) is 60.6 Å². The van der Waals surface area contributed by atoms with E-state index in [9.17, 15) is 0 Å². The molecule has 2 heterocycles. The monoisotopic (exact) mass is 263 g/mol. The molecule has 3 aliphatic rings. The summed E-state index contributed by atoms with van der Waals surface area (Å²) in [5, 5.41) is 3.58. The Hall–Kier alpha value is -0.380. The second-order valence-electron chi connectivity index (χ2n) is 6.83. The highest BCUT2D eigenvalue weighted by Crippen LogP contribution is 2.24. The molecule has 1 N–H and O–H groups in total. The van der Waals surface area contributed by atoms with Gasteiger partial charge in [-0.25, -0.2) is 0 Å². The summed E-state index contributed by atoms with van der Waals surface area (Å²) < 4.78 is 0. The van der Waals surface area contributed by atoms with E-state index >= 15 is 0 Å². The molecule has 1 aliphatic carbocycles. The van der Waals surface area contributed by atoms with Crippen LogP contribution >= 0.6 is 0 Å². The van der Waals surface area contributed by atoms with Gasteiger partial charge in [-0.15, -0.1) is 0 Å². The van der Waals surface area contributed by atoms with E-state index in [-0.39, 0.29) is 0 Å². The molecule has 2 atom stereocenters. The maximum atomic E-state index is 4.27. The van der Waals surface area contributed by atoms with Crippen molar-refractivity contribution in [1.29, 1.82) is 0 Å². The third kappa shape index (κ3) is 3.59. The van der Waals surface area contributed by atoms with Crippen molar-refractivity contribution in [2.75, 3.05) is 32.7 Å². The van der Waals surface area contributed by atoms with Crippen LogP contribution in [0.4, 0.5) is 0 Å². The average Bonchev–Trinajstić information content (AvgIpc) is 3.21. The first-order chi connectivity index (χ1) is 9.22. The molecule has 2 unspecified atom stereocenters. The first-order valence-electron chi connectivity index (χ1n) is 8.10. The molecule has 1 saturated carbocycles. The van der Waals surface area contributed by atoms with Crippen LogP contribution in [0.3, 0.4) is 0 Å². The summed E-state index contributed by atoms with van der Waals surface area (Å²) in [5.41, 5.74) is 1.36. The van der Waals surface area contributed by atoms with Crippen LogP contribution in [0.25, 0.3) is 0 Å². The first-order valence-corrected chi connectivity index (χ1v) is 8.10. The molecule has 0 spiro atoms. The van der Waals surface area contributed by atoms with E-state index in [2.05, 4.69) is 28.6 Å². The molecule has 19 heavy (non-hydrogen) atoms. The Kier molecular flexibility index (Phi) is 4.25. The van der Waals surface area contributed by atoms with E-state index in [0.29, 0.717) is 6.04 Å². The molecular weight excluding hydrogens is 234 g/mol. The predicted molar refractivity (Wildman–Crippen MR) is 80.4 cm³/mol. The second-order valence-corrected chi connectivity index (χ2v) is 6.83. The number of nitrogens with one attached hydrogen (secondary N) is 1. The van der Waals surface area contributed by atoms with Crippen LogP contribution in [-0.2, 0) is 0 Å². The molecule has 0 aromatic heterocycles. The van der Waals surface area contributed by atoms with Crippen LogP contribution in [0.15, 0.2) is 12.2 Å². The largest absolute Gasteiger partial charge is 0.310 e. The Morgan fingerprint density at radius 2 is 2.05 bits per heavy atom.